The summed E-state index contributed by atoms with van der Waals surface area (Å²) < 4.78 is 39.2. The van der Waals surface area contributed by atoms with Gasteiger partial charge in [0.05, 0.1) is 12.0 Å². The van der Waals surface area contributed by atoms with Gasteiger partial charge in [0.2, 0.25) is 0 Å². The van der Waals surface area contributed by atoms with Gasteiger partial charge in [-0.1, -0.05) is 0 Å². The molecule has 0 saturated carbocycles. The quantitative estimate of drug-likeness (QED) is 0.776. The highest BCUT2D eigenvalue weighted by atomic mass is 19.2. The van der Waals surface area contributed by atoms with Gasteiger partial charge in [0, 0.05) is 17.2 Å². The second kappa shape index (κ2) is 4.04. The van der Waals surface area contributed by atoms with E-state index >= 15 is 0 Å². The first-order valence-corrected chi connectivity index (χ1v) is 4.70. The van der Waals surface area contributed by atoms with Crippen LogP contribution in [0.1, 0.15) is 5.56 Å². The van der Waals surface area contributed by atoms with Gasteiger partial charge < -0.3 is 4.98 Å². The van der Waals surface area contributed by atoms with E-state index in [1.165, 1.54) is 6.92 Å². The molecule has 0 aliphatic heterocycles. The van der Waals surface area contributed by atoms with Crippen LogP contribution in [0, 0.1) is 24.4 Å². The lowest BCUT2D eigenvalue weighted by Gasteiger charge is -2.05. The molecule has 0 unspecified atom stereocenters. The van der Waals surface area contributed by atoms with Crippen LogP contribution in [-0.2, 0) is 0 Å². The molecule has 0 atom stereocenters. The van der Waals surface area contributed by atoms with Crippen molar-refractivity contribution in [3.63, 3.8) is 0 Å². The number of aromatic amines is 1. The Balaban J connectivity index is 2.73. The van der Waals surface area contributed by atoms with Crippen molar-refractivity contribution in [2.45, 2.75) is 6.92 Å². The number of halogens is 3. The Bertz CT molecular complexity index is 637. The molecule has 6 heteroatoms. The molecule has 0 amide bonds. The number of hydrogen-bond acceptors (Lipinski definition) is 2. The number of aromatic nitrogens is 2. The first kappa shape index (κ1) is 11.4. The van der Waals surface area contributed by atoms with Gasteiger partial charge >= 0.3 is 0 Å². The average Bonchev–Trinajstić information content (AvgIpc) is 2.28. The lowest BCUT2D eigenvalue weighted by atomic mass is 10.1. The molecule has 0 bridgehead atoms. The van der Waals surface area contributed by atoms with Crippen LogP contribution in [0.15, 0.2) is 23.3 Å². The summed E-state index contributed by atoms with van der Waals surface area (Å²) in [5.74, 6) is -3.44. The number of hydrogen-bond donors (Lipinski definition) is 1. The van der Waals surface area contributed by atoms with Gasteiger partial charge in [-0.15, -0.1) is 0 Å². The van der Waals surface area contributed by atoms with Crippen LogP contribution in [0.2, 0.25) is 0 Å². The van der Waals surface area contributed by atoms with Crippen molar-refractivity contribution >= 4 is 0 Å². The summed E-state index contributed by atoms with van der Waals surface area (Å²) in [4.78, 5) is 17.3. The Labute approximate surface area is 94.0 Å². The molecular formula is C11H7F3N2O. The second-order valence-electron chi connectivity index (χ2n) is 3.45. The molecule has 1 heterocycles. The SMILES string of the molecule is Cc1c(-c2cc(F)c(F)cc2F)nc[nH]c1=O. The van der Waals surface area contributed by atoms with Crippen molar-refractivity contribution in [1.29, 1.82) is 0 Å². The van der Waals surface area contributed by atoms with Crippen molar-refractivity contribution < 1.29 is 13.2 Å². The topological polar surface area (TPSA) is 45.8 Å². The third-order valence-electron chi connectivity index (χ3n) is 2.35. The minimum absolute atomic E-state index is 0.00912. The summed E-state index contributed by atoms with van der Waals surface area (Å²) in [6, 6.07) is 1.10. The highest BCUT2D eigenvalue weighted by Gasteiger charge is 2.15. The molecule has 0 saturated heterocycles. The zero-order chi connectivity index (χ0) is 12.6. The minimum Gasteiger partial charge on any atom is -0.313 e. The van der Waals surface area contributed by atoms with E-state index in [0.29, 0.717) is 12.1 Å². The van der Waals surface area contributed by atoms with Crippen LogP contribution in [0.5, 0.6) is 0 Å². The van der Waals surface area contributed by atoms with Crippen molar-refractivity contribution in [1.82, 2.24) is 9.97 Å². The summed E-state index contributed by atoms with van der Waals surface area (Å²) in [6.07, 6.45) is 1.07. The van der Waals surface area contributed by atoms with Crippen LogP contribution < -0.4 is 5.56 Å². The lowest BCUT2D eigenvalue weighted by molar-refractivity contribution is 0.496. The van der Waals surface area contributed by atoms with Gasteiger partial charge in [0.15, 0.2) is 11.6 Å². The maximum Gasteiger partial charge on any atom is 0.254 e. The fourth-order valence-corrected chi connectivity index (χ4v) is 1.44. The zero-order valence-corrected chi connectivity index (χ0v) is 8.72. The molecule has 0 fully saturated rings. The highest BCUT2D eigenvalue weighted by Crippen LogP contribution is 2.24. The van der Waals surface area contributed by atoms with E-state index in [2.05, 4.69) is 9.97 Å². The predicted molar refractivity (Wildman–Crippen MR) is 54.9 cm³/mol. The third kappa shape index (κ3) is 1.93. The maximum absolute atomic E-state index is 13.5. The van der Waals surface area contributed by atoms with Crippen LogP contribution in [0.25, 0.3) is 11.3 Å². The zero-order valence-electron chi connectivity index (χ0n) is 8.72. The van der Waals surface area contributed by atoms with Gasteiger partial charge in [-0.25, -0.2) is 18.2 Å². The monoisotopic (exact) mass is 240 g/mol. The van der Waals surface area contributed by atoms with Crippen LogP contribution >= 0.6 is 0 Å². The second-order valence-corrected chi connectivity index (χ2v) is 3.45. The molecule has 0 radical (unpaired) electrons. The molecule has 1 aromatic heterocycles. The number of rotatable bonds is 1. The normalized spacial score (nSPS) is 10.6. The van der Waals surface area contributed by atoms with E-state index in [0.717, 1.165) is 6.33 Å². The molecule has 88 valence electrons. The predicted octanol–water partition coefficient (Wildman–Crippen LogP) is 2.16. The van der Waals surface area contributed by atoms with Crippen molar-refractivity contribution in [3.8, 4) is 11.3 Å². The molecule has 0 aliphatic carbocycles. The molecule has 1 N–H and O–H groups in total. The van der Waals surface area contributed by atoms with Gasteiger partial charge in [-0.05, 0) is 13.0 Å². The molecule has 3 nitrogen and oxygen atoms in total. The Kier molecular flexibility index (Phi) is 2.71. The molecule has 0 aliphatic rings. The standard InChI is InChI=1S/C11H7F3N2O/c1-5-10(15-4-16-11(5)17)6-2-8(13)9(14)3-7(6)12/h2-4H,1H3,(H,15,16,17). The minimum atomic E-state index is -1.28. The van der Waals surface area contributed by atoms with E-state index in [1.807, 2.05) is 0 Å². The van der Waals surface area contributed by atoms with Gasteiger partial charge in [-0.2, -0.15) is 0 Å². The first-order chi connectivity index (χ1) is 8.00. The Hall–Kier alpha value is -2.11. The van der Waals surface area contributed by atoms with Crippen LogP contribution in [-0.4, -0.2) is 9.97 Å². The smallest absolute Gasteiger partial charge is 0.254 e. The molecule has 2 aromatic rings. The molecule has 0 spiro atoms. The molecule has 17 heavy (non-hydrogen) atoms. The van der Waals surface area contributed by atoms with Gasteiger partial charge in [-0.3, -0.25) is 4.79 Å². The number of nitrogens with zero attached hydrogens (tertiary/aromatic N) is 1. The summed E-state index contributed by atoms with van der Waals surface area (Å²) in [5, 5.41) is 0. The molecule has 2 rings (SSSR count). The van der Waals surface area contributed by atoms with E-state index in [-0.39, 0.29) is 16.8 Å². The van der Waals surface area contributed by atoms with Crippen LogP contribution in [0.4, 0.5) is 13.2 Å². The van der Waals surface area contributed by atoms with E-state index in [4.69, 9.17) is 0 Å². The van der Waals surface area contributed by atoms with E-state index in [1.54, 1.807) is 0 Å². The van der Waals surface area contributed by atoms with E-state index < -0.39 is 23.0 Å². The van der Waals surface area contributed by atoms with Crippen LogP contribution in [0.3, 0.4) is 0 Å². The number of nitrogens with one attached hydrogen (secondary N) is 1. The maximum atomic E-state index is 13.5. The van der Waals surface area contributed by atoms with Crippen molar-refractivity contribution in [2.75, 3.05) is 0 Å². The Morgan fingerprint density at radius 1 is 1.12 bits per heavy atom. The average molecular weight is 240 g/mol. The Morgan fingerprint density at radius 3 is 2.47 bits per heavy atom. The highest BCUT2D eigenvalue weighted by molar-refractivity contribution is 5.62. The fraction of sp³-hybridized carbons (Fsp3) is 0.0909. The Morgan fingerprint density at radius 2 is 1.76 bits per heavy atom. The van der Waals surface area contributed by atoms with Crippen molar-refractivity contribution in [3.05, 3.63) is 51.8 Å². The summed E-state index contributed by atoms with van der Waals surface area (Å²) in [7, 11) is 0. The van der Waals surface area contributed by atoms with Gasteiger partial charge in [0.1, 0.15) is 5.82 Å². The number of H-pyrrole nitrogens is 1. The molecular weight excluding hydrogens is 233 g/mol. The fourth-order valence-electron chi connectivity index (χ4n) is 1.44. The summed E-state index contributed by atoms with van der Waals surface area (Å²) >= 11 is 0. The van der Waals surface area contributed by atoms with Gasteiger partial charge in [0.25, 0.3) is 5.56 Å². The first-order valence-electron chi connectivity index (χ1n) is 4.70. The van der Waals surface area contributed by atoms with E-state index in [9.17, 15) is 18.0 Å². The third-order valence-corrected chi connectivity index (χ3v) is 2.35. The molecule has 1 aromatic carbocycles. The summed E-state index contributed by atoms with van der Waals surface area (Å²) in [5.41, 5.74) is -0.575. The number of benzene rings is 1. The lowest BCUT2D eigenvalue weighted by Crippen LogP contribution is -2.12. The van der Waals surface area contributed by atoms with Crippen molar-refractivity contribution in [2.24, 2.45) is 0 Å². The largest absolute Gasteiger partial charge is 0.313 e. The summed E-state index contributed by atoms with van der Waals surface area (Å²) in [6.45, 7) is 1.42.